The summed E-state index contributed by atoms with van der Waals surface area (Å²) >= 11 is 0. The molecule has 0 spiro atoms. The van der Waals surface area contributed by atoms with Crippen molar-refractivity contribution >= 4 is 0 Å². The molecule has 2 rings (SSSR count). The molecule has 0 amide bonds. The summed E-state index contributed by atoms with van der Waals surface area (Å²) < 4.78 is 5.47. The molecule has 2 atom stereocenters. The van der Waals surface area contributed by atoms with Crippen molar-refractivity contribution in [3.05, 3.63) is 0 Å². The lowest BCUT2D eigenvalue weighted by molar-refractivity contribution is 0.180. The Kier molecular flexibility index (Phi) is 5.11. The fourth-order valence-electron chi connectivity index (χ4n) is 2.67. The summed E-state index contributed by atoms with van der Waals surface area (Å²) in [4.78, 5) is 0. The molecule has 16 heavy (non-hydrogen) atoms. The summed E-state index contributed by atoms with van der Waals surface area (Å²) in [6, 6.07) is 0.757. The Morgan fingerprint density at radius 1 is 1.25 bits per heavy atom. The van der Waals surface area contributed by atoms with Crippen LogP contribution >= 0.6 is 0 Å². The highest BCUT2D eigenvalue weighted by Crippen LogP contribution is 2.34. The molecule has 1 aliphatic carbocycles. The Morgan fingerprint density at radius 2 is 2.12 bits per heavy atom. The Balaban J connectivity index is 1.66. The minimum absolute atomic E-state index is 0.757. The van der Waals surface area contributed by atoms with Gasteiger partial charge in [0.1, 0.15) is 0 Å². The van der Waals surface area contributed by atoms with Gasteiger partial charge >= 0.3 is 0 Å². The first-order chi connectivity index (χ1) is 7.88. The minimum atomic E-state index is 0.757. The van der Waals surface area contributed by atoms with Gasteiger partial charge in [0.05, 0.1) is 0 Å². The summed E-state index contributed by atoms with van der Waals surface area (Å²) in [5.41, 5.74) is 0. The summed E-state index contributed by atoms with van der Waals surface area (Å²) in [7, 11) is 0. The Morgan fingerprint density at radius 3 is 2.75 bits per heavy atom. The fraction of sp³-hybridized carbons (Fsp3) is 1.00. The Hall–Kier alpha value is -0.0800. The van der Waals surface area contributed by atoms with Gasteiger partial charge in [-0.3, -0.25) is 0 Å². The van der Waals surface area contributed by atoms with Crippen LogP contribution in [0.5, 0.6) is 0 Å². The van der Waals surface area contributed by atoms with E-state index in [0.29, 0.717) is 0 Å². The molecule has 0 aromatic rings. The summed E-state index contributed by atoms with van der Waals surface area (Å²) in [6.07, 6.45) is 9.71. The van der Waals surface area contributed by atoms with E-state index in [-0.39, 0.29) is 0 Å². The molecule has 0 bridgehead atoms. The van der Waals surface area contributed by atoms with Crippen molar-refractivity contribution in [2.45, 2.75) is 57.9 Å². The Labute approximate surface area is 100 Å². The molecule has 2 aliphatic rings. The summed E-state index contributed by atoms with van der Waals surface area (Å²) in [5, 5.41) is 3.72. The second kappa shape index (κ2) is 6.61. The monoisotopic (exact) mass is 225 g/mol. The predicted octanol–water partition coefficient (Wildman–Crippen LogP) is 2.97. The molecule has 0 aromatic carbocycles. The van der Waals surface area contributed by atoms with Crippen LogP contribution < -0.4 is 5.32 Å². The van der Waals surface area contributed by atoms with Crippen LogP contribution in [-0.2, 0) is 4.74 Å². The maximum absolute atomic E-state index is 5.47. The standard InChI is InChI=1S/C14H27NO/c1-2-8-15-14(6-5-12-3-4-12)10-13-7-9-16-11-13/h12-15H,2-11H2,1H3. The zero-order valence-electron chi connectivity index (χ0n) is 10.7. The highest BCUT2D eigenvalue weighted by atomic mass is 16.5. The fourth-order valence-corrected chi connectivity index (χ4v) is 2.67. The largest absolute Gasteiger partial charge is 0.381 e. The second-order valence-corrected chi connectivity index (χ2v) is 5.64. The Bertz CT molecular complexity index is 185. The quantitative estimate of drug-likeness (QED) is 0.685. The lowest BCUT2D eigenvalue weighted by Crippen LogP contribution is -2.32. The SMILES string of the molecule is CCCNC(CCC1CC1)CC1CCOC1. The van der Waals surface area contributed by atoms with Crippen molar-refractivity contribution in [3.8, 4) is 0 Å². The normalized spacial score (nSPS) is 27.2. The average molecular weight is 225 g/mol. The molecular formula is C14H27NO. The average Bonchev–Trinajstić information content (AvgIpc) is 2.99. The van der Waals surface area contributed by atoms with Gasteiger partial charge in [-0.2, -0.15) is 0 Å². The van der Waals surface area contributed by atoms with Crippen LogP contribution in [0.25, 0.3) is 0 Å². The third-order valence-corrected chi connectivity index (χ3v) is 3.95. The maximum atomic E-state index is 5.47. The van der Waals surface area contributed by atoms with Gasteiger partial charge in [0.2, 0.25) is 0 Å². The minimum Gasteiger partial charge on any atom is -0.381 e. The van der Waals surface area contributed by atoms with E-state index in [1.165, 1.54) is 51.5 Å². The van der Waals surface area contributed by atoms with Gasteiger partial charge < -0.3 is 10.1 Å². The van der Waals surface area contributed by atoms with Crippen LogP contribution in [0, 0.1) is 11.8 Å². The molecule has 0 radical (unpaired) electrons. The molecule has 0 aromatic heterocycles. The van der Waals surface area contributed by atoms with Gasteiger partial charge in [0.15, 0.2) is 0 Å². The first-order valence-corrected chi connectivity index (χ1v) is 7.19. The van der Waals surface area contributed by atoms with E-state index in [1.807, 2.05) is 0 Å². The molecule has 1 saturated heterocycles. The van der Waals surface area contributed by atoms with Crippen molar-refractivity contribution in [2.24, 2.45) is 11.8 Å². The molecule has 1 aliphatic heterocycles. The number of ether oxygens (including phenoxy) is 1. The zero-order chi connectivity index (χ0) is 11.2. The van der Waals surface area contributed by atoms with E-state index in [4.69, 9.17) is 4.74 Å². The van der Waals surface area contributed by atoms with E-state index in [1.54, 1.807) is 0 Å². The van der Waals surface area contributed by atoms with Crippen molar-refractivity contribution in [1.82, 2.24) is 5.32 Å². The number of hydrogen-bond acceptors (Lipinski definition) is 2. The third-order valence-electron chi connectivity index (χ3n) is 3.95. The highest BCUT2D eigenvalue weighted by Gasteiger charge is 2.24. The summed E-state index contributed by atoms with van der Waals surface area (Å²) in [5.74, 6) is 1.90. The smallest absolute Gasteiger partial charge is 0.0495 e. The van der Waals surface area contributed by atoms with Crippen LogP contribution in [0.3, 0.4) is 0 Å². The van der Waals surface area contributed by atoms with E-state index < -0.39 is 0 Å². The molecule has 1 saturated carbocycles. The van der Waals surface area contributed by atoms with Gasteiger partial charge in [-0.1, -0.05) is 19.8 Å². The molecule has 2 unspecified atom stereocenters. The van der Waals surface area contributed by atoms with E-state index in [2.05, 4.69) is 12.2 Å². The third kappa shape index (κ3) is 4.42. The summed E-state index contributed by atoms with van der Waals surface area (Å²) in [6.45, 7) is 5.44. The van der Waals surface area contributed by atoms with Gasteiger partial charge in [-0.15, -0.1) is 0 Å². The predicted molar refractivity (Wildman–Crippen MR) is 67.6 cm³/mol. The van der Waals surface area contributed by atoms with Gasteiger partial charge in [-0.25, -0.2) is 0 Å². The first-order valence-electron chi connectivity index (χ1n) is 7.19. The van der Waals surface area contributed by atoms with Crippen LogP contribution in [0.15, 0.2) is 0 Å². The molecule has 1 N–H and O–H groups in total. The van der Waals surface area contributed by atoms with Crippen LogP contribution in [0.1, 0.15) is 51.9 Å². The molecule has 2 heteroatoms. The van der Waals surface area contributed by atoms with Crippen LogP contribution in [0.2, 0.25) is 0 Å². The van der Waals surface area contributed by atoms with Gasteiger partial charge in [0, 0.05) is 19.3 Å². The molecule has 2 nitrogen and oxygen atoms in total. The number of rotatable bonds is 8. The van der Waals surface area contributed by atoms with E-state index in [0.717, 1.165) is 31.1 Å². The lowest BCUT2D eigenvalue weighted by Gasteiger charge is -2.21. The van der Waals surface area contributed by atoms with Crippen molar-refractivity contribution in [1.29, 1.82) is 0 Å². The molecule has 1 heterocycles. The van der Waals surface area contributed by atoms with Crippen molar-refractivity contribution in [2.75, 3.05) is 19.8 Å². The maximum Gasteiger partial charge on any atom is 0.0495 e. The van der Waals surface area contributed by atoms with E-state index in [9.17, 15) is 0 Å². The first kappa shape index (κ1) is 12.4. The zero-order valence-corrected chi connectivity index (χ0v) is 10.7. The van der Waals surface area contributed by atoms with Crippen molar-refractivity contribution in [3.63, 3.8) is 0 Å². The highest BCUT2D eigenvalue weighted by molar-refractivity contribution is 4.79. The van der Waals surface area contributed by atoms with E-state index >= 15 is 0 Å². The van der Waals surface area contributed by atoms with Crippen LogP contribution in [0.4, 0.5) is 0 Å². The van der Waals surface area contributed by atoms with Gasteiger partial charge in [0.25, 0.3) is 0 Å². The molecule has 2 fully saturated rings. The second-order valence-electron chi connectivity index (χ2n) is 5.64. The molecular weight excluding hydrogens is 198 g/mol. The lowest BCUT2D eigenvalue weighted by atomic mass is 9.95. The van der Waals surface area contributed by atoms with Crippen molar-refractivity contribution < 1.29 is 4.74 Å². The van der Waals surface area contributed by atoms with Gasteiger partial charge in [-0.05, 0) is 50.5 Å². The number of hydrogen-bond donors (Lipinski definition) is 1. The topological polar surface area (TPSA) is 21.3 Å². The number of nitrogens with one attached hydrogen (secondary N) is 1. The van der Waals surface area contributed by atoms with Crippen LogP contribution in [-0.4, -0.2) is 25.8 Å². The molecule has 94 valence electrons.